The van der Waals surface area contributed by atoms with E-state index in [-0.39, 0.29) is 11.4 Å². The highest BCUT2D eigenvalue weighted by molar-refractivity contribution is 6.33. The van der Waals surface area contributed by atoms with Crippen molar-refractivity contribution < 1.29 is 9.59 Å². The molecule has 1 unspecified atom stereocenters. The number of nitrogens with two attached hydrogens (primary N) is 2. The fourth-order valence-electron chi connectivity index (χ4n) is 1.22. The van der Waals surface area contributed by atoms with Crippen LogP contribution in [0.25, 0.3) is 0 Å². The molecule has 18 heavy (non-hydrogen) atoms. The van der Waals surface area contributed by atoms with Gasteiger partial charge in [0.05, 0.1) is 34.8 Å². The first-order valence-corrected chi connectivity index (χ1v) is 5.36. The van der Waals surface area contributed by atoms with E-state index in [9.17, 15) is 9.59 Å². The van der Waals surface area contributed by atoms with E-state index in [1.807, 2.05) is 6.07 Å². The van der Waals surface area contributed by atoms with Crippen LogP contribution in [0.4, 0.5) is 5.69 Å². The molecule has 0 aromatic heterocycles. The molecular weight excluding hydrogens is 256 g/mol. The Hall–Kier alpha value is -2.10. The number of nitrogens with one attached hydrogen (secondary N) is 1. The van der Waals surface area contributed by atoms with Gasteiger partial charge in [-0.05, 0) is 18.2 Å². The van der Waals surface area contributed by atoms with Crippen molar-refractivity contribution >= 4 is 29.1 Å². The summed E-state index contributed by atoms with van der Waals surface area (Å²) in [7, 11) is 0. The SMILES string of the molecule is N#Cc1ccc(NC(=O)C(N)CC(N)=O)c(Cl)c1. The summed E-state index contributed by atoms with van der Waals surface area (Å²) in [6, 6.07) is 5.28. The van der Waals surface area contributed by atoms with Gasteiger partial charge >= 0.3 is 0 Å². The summed E-state index contributed by atoms with van der Waals surface area (Å²) in [5.74, 6) is -1.23. The lowest BCUT2D eigenvalue weighted by atomic mass is 10.2. The zero-order valence-corrected chi connectivity index (χ0v) is 10.1. The Morgan fingerprint density at radius 2 is 2.17 bits per heavy atom. The van der Waals surface area contributed by atoms with Crippen molar-refractivity contribution in [1.82, 2.24) is 0 Å². The van der Waals surface area contributed by atoms with Gasteiger partial charge in [-0.1, -0.05) is 11.6 Å². The minimum Gasteiger partial charge on any atom is -0.370 e. The van der Waals surface area contributed by atoms with Crippen LogP contribution in [0.5, 0.6) is 0 Å². The number of rotatable bonds is 4. The number of primary amides is 1. The first-order valence-electron chi connectivity index (χ1n) is 4.98. The van der Waals surface area contributed by atoms with E-state index in [1.54, 1.807) is 0 Å². The predicted molar refractivity (Wildman–Crippen MR) is 66.6 cm³/mol. The predicted octanol–water partition coefficient (Wildman–Crippen LogP) is 0.353. The summed E-state index contributed by atoms with van der Waals surface area (Å²) in [5, 5.41) is 11.3. The number of anilines is 1. The summed E-state index contributed by atoms with van der Waals surface area (Å²) in [6.45, 7) is 0. The Labute approximate surface area is 109 Å². The van der Waals surface area contributed by atoms with Crippen molar-refractivity contribution in [3.8, 4) is 6.07 Å². The lowest BCUT2D eigenvalue weighted by Crippen LogP contribution is -2.39. The van der Waals surface area contributed by atoms with E-state index >= 15 is 0 Å². The topological polar surface area (TPSA) is 122 Å². The summed E-state index contributed by atoms with van der Waals surface area (Å²) in [5.41, 5.74) is 11.1. The van der Waals surface area contributed by atoms with Gasteiger partial charge in [0, 0.05) is 0 Å². The molecule has 1 aromatic rings. The van der Waals surface area contributed by atoms with Crippen LogP contribution in [0.2, 0.25) is 5.02 Å². The number of nitriles is 1. The molecule has 0 bridgehead atoms. The molecule has 6 nitrogen and oxygen atoms in total. The van der Waals surface area contributed by atoms with E-state index < -0.39 is 17.9 Å². The molecule has 0 fully saturated rings. The summed E-state index contributed by atoms with van der Waals surface area (Å²) >= 11 is 5.86. The van der Waals surface area contributed by atoms with Crippen LogP contribution in [0.1, 0.15) is 12.0 Å². The average Bonchev–Trinajstić information content (AvgIpc) is 2.30. The summed E-state index contributed by atoms with van der Waals surface area (Å²) in [6.07, 6.45) is -0.250. The maximum Gasteiger partial charge on any atom is 0.241 e. The van der Waals surface area contributed by atoms with Gasteiger partial charge in [-0.25, -0.2) is 0 Å². The third-order valence-corrected chi connectivity index (χ3v) is 2.43. The van der Waals surface area contributed by atoms with Gasteiger partial charge in [0.2, 0.25) is 11.8 Å². The molecule has 7 heteroatoms. The fourth-order valence-corrected chi connectivity index (χ4v) is 1.45. The zero-order valence-electron chi connectivity index (χ0n) is 9.31. The molecule has 0 saturated heterocycles. The summed E-state index contributed by atoms with van der Waals surface area (Å²) in [4.78, 5) is 22.2. The molecule has 0 spiro atoms. The maximum atomic E-state index is 11.6. The second kappa shape index (κ2) is 6.00. The molecule has 0 aliphatic rings. The monoisotopic (exact) mass is 266 g/mol. The van der Waals surface area contributed by atoms with E-state index in [4.69, 9.17) is 28.3 Å². The van der Waals surface area contributed by atoms with Crippen LogP contribution in [0, 0.1) is 11.3 Å². The first-order chi connectivity index (χ1) is 8.43. The largest absolute Gasteiger partial charge is 0.370 e. The van der Waals surface area contributed by atoms with Crippen LogP contribution in [-0.2, 0) is 9.59 Å². The molecule has 0 heterocycles. The second-order valence-electron chi connectivity index (χ2n) is 3.57. The lowest BCUT2D eigenvalue weighted by molar-refractivity contribution is -0.123. The molecule has 5 N–H and O–H groups in total. The Bertz CT molecular complexity index is 524. The third-order valence-electron chi connectivity index (χ3n) is 2.11. The van der Waals surface area contributed by atoms with Gasteiger partial charge in [0.25, 0.3) is 0 Å². The highest BCUT2D eigenvalue weighted by Gasteiger charge is 2.17. The van der Waals surface area contributed by atoms with Crippen LogP contribution >= 0.6 is 11.6 Å². The number of amides is 2. The molecule has 0 saturated carbocycles. The van der Waals surface area contributed by atoms with Gasteiger partial charge in [-0.3, -0.25) is 9.59 Å². The summed E-state index contributed by atoms with van der Waals surface area (Å²) < 4.78 is 0. The zero-order chi connectivity index (χ0) is 13.7. The van der Waals surface area contributed by atoms with Gasteiger partial charge < -0.3 is 16.8 Å². The Morgan fingerprint density at radius 1 is 1.50 bits per heavy atom. The molecule has 0 radical (unpaired) electrons. The molecule has 0 aliphatic carbocycles. The van der Waals surface area contributed by atoms with Crippen LogP contribution in [0.3, 0.4) is 0 Å². The minimum absolute atomic E-state index is 0.216. The normalized spacial score (nSPS) is 11.4. The van der Waals surface area contributed by atoms with Gasteiger partial charge in [0.1, 0.15) is 0 Å². The van der Waals surface area contributed by atoms with Gasteiger partial charge in [-0.15, -0.1) is 0 Å². The Morgan fingerprint density at radius 3 is 2.67 bits per heavy atom. The first kappa shape index (κ1) is 14.0. The van der Waals surface area contributed by atoms with Crippen molar-refractivity contribution in [2.45, 2.75) is 12.5 Å². The number of halogens is 1. The van der Waals surface area contributed by atoms with E-state index in [1.165, 1.54) is 18.2 Å². The highest BCUT2D eigenvalue weighted by atomic mass is 35.5. The van der Waals surface area contributed by atoms with Crippen LogP contribution in [0.15, 0.2) is 18.2 Å². The Kier molecular flexibility index (Phi) is 4.66. The molecule has 2 amide bonds. The number of benzene rings is 1. The van der Waals surface area contributed by atoms with Gasteiger partial charge in [-0.2, -0.15) is 5.26 Å². The van der Waals surface area contributed by atoms with Crippen molar-refractivity contribution in [3.05, 3.63) is 28.8 Å². The quantitative estimate of drug-likeness (QED) is 0.728. The van der Waals surface area contributed by atoms with Crippen molar-refractivity contribution in [2.24, 2.45) is 11.5 Å². The van der Waals surface area contributed by atoms with E-state index in [0.717, 1.165) is 0 Å². The number of carbonyl (C=O) groups excluding carboxylic acids is 2. The van der Waals surface area contributed by atoms with Crippen molar-refractivity contribution in [2.75, 3.05) is 5.32 Å². The molecule has 0 aliphatic heterocycles. The van der Waals surface area contributed by atoms with E-state index in [2.05, 4.69) is 5.32 Å². The number of nitrogens with zero attached hydrogens (tertiary/aromatic N) is 1. The molecule has 1 rings (SSSR count). The van der Waals surface area contributed by atoms with Gasteiger partial charge in [0.15, 0.2) is 0 Å². The number of hydrogen-bond acceptors (Lipinski definition) is 4. The van der Waals surface area contributed by atoms with Crippen molar-refractivity contribution in [1.29, 1.82) is 5.26 Å². The second-order valence-corrected chi connectivity index (χ2v) is 3.98. The lowest BCUT2D eigenvalue weighted by Gasteiger charge is -2.11. The van der Waals surface area contributed by atoms with Crippen LogP contribution in [-0.4, -0.2) is 17.9 Å². The smallest absolute Gasteiger partial charge is 0.241 e. The Balaban J connectivity index is 2.76. The van der Waals surface area contributed by atoms with Crippen LogP contribution < -0.4 is 16.8 Å². The third kappa shape index (κ3) is 3.73. The molecule has 94 valence electrons. The standard InChI is InChI=1S/C11H11ClN4O2/c12-7-3-6(5-13)1-2-9(7)16-11(18)8(14)4-10(15)17/h1-3,8H,4,14H2,(H2,15,17)(H,16,18). The number of carbonyl (C=O) groups is 2. The molecule has 1 aromatic carbocycles. The van der Waals surface area contributed by atoms with E-state index in [0.29, 0.717) is 11.3 Å². The average molecular weight is 267 g/mol. The molecular formula is C11H11ClN4O2. The minimum atomic E-state index is -1.03. The highest BCUT2D eigenvalue weighted by Crippen LogP contribution is 2.22. The van der Waals surface area contributed by atoms with Crippen molar-refractivity contribution in [3.63, 3.8) is 0 Å². The molecule has 1 atom stereocenters. The number of hydrogen-bond donors (Lipinski definition) is 3. The fraction of sp³-hybridized carbons (Fsp3) is 0.182. The maximum absolute atomic E-state index is 11.6.